The van der Waals surface area contributed by atoms with Gasteiger partial charge in [0.1, 0.15) is 0 Å². The van der Waals surface area contributed by atoms with E-state index in [0.29, 0.717) is 0 Å². The number of hydrogen-bond donors (Lipinski definition) is 2. The number of hydrogen-bond acceptors (Lipinski definition) is 4. The Morgan fingerprint density at radius 2 is 1.94 bits per heavy atom. The van der Waals surface area contributed by atoms with E-state index < -0.39 is 5.97 Å². The number of carbonyl (C=O) groups is 1. The molecule has 0 saturated heterocycles. The van der Waals surface area contributed by atoms with Gasteiger partial charge >= 0.3 is 5.97 Å². The Hall–Kier alpha value is -2.15. The normalized spacial score (nSPS) is 13.6. The van der Waals surface area contributed by atoms with Crippen molar-refractivity contribution in [3.05, 3.63) is 23.8 Å². The summed E-state index contributed by atoms with van der Waals surface area (Å²) in [6.45, 7) is 0.725. The monoisotopic (exact) mass is 244 g/mol. The molecule has 1 aliphatic heterocycles. The van der Waals surface area contributed by atoms with Crippen molar-refractivity contribution in [2.45, 2.75) is 19.3 Å². The van der Waals surface area contributed by atoms with Crippen molar-refractivity contribution >= 4 is 17.3 Å². The standard InChI is InChI=1S/C11H10N2O2.C3H6/c1-15-11(14)5-3-8-2-4-9-10(6-8)13-7-12-9;1-2-3-1/h2,4,6,12-13H,7H2,1H3;1-3H2. The van der Waals surface area contributed by atoms with Crippen LogP contribution in [0.25, 0.3) is 0 Å². The highest BCUT2D eigenvalue weighted by Gasteiger charge is 2.07. The van der Waals surface area contributed by atoms with Crippen LogP contribution in [-0.2, 0) is 9.53 Å². The summed E-state index contributed by atoms with van der Waals surface area (Å²) in [5, 5.41) is 6.30. The topological polar surface area (TPSA) is 50.4 Å². The predicted molar refractivity (Wildman–Crippen MR) is 71.3 cm³/mol. The van der Waals surface area contributed by atoms with Crippen molar-refractivity contribution in [1.82, 2.24) is 0 Å². The molecule has 1 aliphatic carbocycles. The Bertz CT molecular complexity index is 495. The maximum absolute atomic E-state index is 10.8. The van der Waals surface area contributed by atoms with Crippen LogP contribution in [0.15, 0.2) is 18.2 Å². The lowest BCUT2D eigenvalue weighted by molar-refractivity contribution is -0.133. The summed E-state index contributed by atoms with van der Waals surface area (Å²) >= 11 is 0. The minimum absolute atomic E-state index is 0.526. The van der Waals surface area contributed by atoms with Crippen LogP contribution in [0.2, 0.25) is 0 Å². The number of ether oxygens (including phenoxy) is 1. The Morgan fingerprint density at radius 1 is 1.22 bits per heavy atom. The molecule has 18 heavy (non-hydrogen) atoms. The number of carbonyl (C=O) groups excluding carboxylic acids is 1. The van der Waals surface area contributed by atoms with Gasteiger partial charge < -0.3 is 15.4 Å². The molecule has 3 rings (SSSR count). The Labute approximate surface area is 107 Å². The van der Waals surface area contributed by atoms with Crippen LogP contribution < -0.4 is 10.6 Å². The van der Waals surface area contributed by atoms with Crippen LogP contribution in [0.5, 0.6) is 0 Å². The Balaban J connectivity index is 0.000000350. The molecular formula is C14H16N2O2. The predicted octanol–water partition coefficient (Wildman–Crippen LogP) is 2.18. The lowest BCUT2D eigenvalue weighted by Crippen LogP contribution is -1.98. The van der Waals surface area contributed by atoms with Crippen LogP contribution in [0.1, 0.15) is 24.8 Å². The summed E-state index contributed by atoms with van der Waals surface area (Å²) in [6.07, 6.45) is 4.50. The van der Waals surface area contributed by atoms with Gasteiger partial charge in [-0.05, 0) is 18.2 Å². The molecule has 94 valence electrons. The molecule has 0 atom stereocenters. The third kappa shape index (κ3) is 3.70. The van der Waals surface area contributed by atoms with Crippen molar-refractivity contribution < 1.29 is 9.53 Å². The van der Waals surface area contributed by atoms with Crippen molar-refractivity contribution in [3.63, 3.8) is 0 Å². The molecule has 1 aromatic rings. The summed E-state index contributed by atoms with van der Waals surface area (Å²) in [5.74, 6) is 4.59. The number of rotatable bonds is 0. The van der Waals surface area contributed by atoms with Crippen molar-refractivity contribution in [2.24, 2.45) is 0 Å². The summed E-state index contributed by atoms with van der Waals surface area (Å²) in [7, 11) is 1.31. The Kier molecular flexibility index (Phi) is 4.08. The number of nitrogens with one attached hydrogen (secondary N) is 2. The number of fused-ring (bicyclic) bond motifs is 1. The highest BCUT2D eigenvalue weighted by Crippen LogP contribution is 2.26. The number of benzene rings is 1. The van der Waals surface area contributed by atoms with E-state index >= 15 is 0 Å². The average molecular weight is 244 g/mol. The molecule has 1 saturated carbocycles. The van der Waals surface area contributed by atoms with Crippen LogP contribution in [0, 0.1) is 11.8 Å². The summed E-state index contributed by atoms with van der Waals surface area (Å²) in [5.41, 5.74) is 2.85. The fourth-order valence-electron chi connectivity index (χ4n) is 1.33. The first kappa shape index (κ1) is 12.3. The lowest BCUT2D eigenvalue weighted by atomic mass is 10.2. The second-order valence-electron chi connectivity index (χ2n) is 4.09. The third-order valence-electron chi connectivity index (χ3n) is 2.43. The largest absolute Gasteiger partial charge is 0.459 e. The van der Waals surface area contributed by atoms with Crippen LogP contribution in [0.3, 0.4) is 0 Å². The van der Waals surface area contributed by atoms with E-state index in [2.05, 4.69) is 27.2 Å². The van der Waals surface area contributed by atoms with Crippen molar-refractivity contribution in [3.8, 4) is 11.8 Å². The van der Waals surface area contributed by atoms with E-state index in [1.807, 2.05) is 18.2 Å². The molecule has 0 spiro atoms. The van der Waals surface area contributed by atoms with Gasteiger partial charge in [-0.2, -0.15) is 0 Å². The summed E-state index contributed by atoms with van der Waals surface area (Å²) < 4.78 is 4.42. The van der Waals surface area contributed by atoms with Crippen LogP contribution >= 0.6 is 0 Å². The highest BCUT2D eigenvalue weighted by molar-refractivity contribution is 5.89. The van der Waals surface area contributed by atoms with Gasteiger partial charge in [0.2, 0.25) is 0 Å². The quantitative estimate of drug-likeness (QED) is 0.542. The third-order valence-corrected chi connectivity index (χ3v) is 2.43. The zero-order valence-electron chi connectivity index (χ0n) is 10.4. The van der Waals surface area contributed by atoms with Gasteiger partial charge in [0.25, 0.3) is 0 Å². The molecule has 0 unspecified atom stereocenters. The Morgan fingerprint density at radius 3 is 2.61 bits per heavy atom. The van der Waals surface area contributed by atoms with Crippen molar-refractivity contribution in [1.29, 1.82) is 0 Å². The van der Waals surface area contributed by atoms with E-state index in [0.717, 1.165) is 23.6 Å². The van der Waals surface area contributed by atoms with E-state index in [1.54, 1.807) is 0 Å². The van der Waals surface area contributed by atoms with E-state index in [-0.39, 0.29) is 0 Å². The number of methoxy groups -OCH3 is 1. The SMILES string of the molecule is C1CC1.COC(=O)C#Cc1ccc2c(c1)NCN2. The molecule has 1 heterocycles. The first-order valence-electron chi connectivity index (χ1n) is 6.01. The zero-order chi connectivity index (χ0) is 12.8. The van der Waals surface area contributed by atoms with Crippen LogP contribution in [-0.4, -0.2) is 19.7 Å². The fraction of sp³-hybridized carbons (Fsp3) is 0.357. The van der Waals surface area contributed by atoms with E-state index in [9.17, 15) is 4.79 Å². The fourth-order valence-corrected chi connectivity index (χ4v) is 1.33. The van der Waals surface area contributed by atoms with Gasteiger partial charge in [0.05, 0.1) is 25.2 Å². The maximum Gasteiger partial charge on any atom is 0.384 e. The van der Waals surface area contributed by atoms with E-state index in [1.165, 1.54) is 26.4 Å². The minimum atomic E-state index is -0.526. The van der Waals surface area contributed by atoms with Crippen LogP contribution in [0.4, 0.5) is 11.4 Å². The van der Waals surface area contributed by atoms with Gasteiger partial charge in [-0.3, -0.25) is 0 Å². The van der Waals surface area contributed by atoms with Gasteiger partial charge in [-0.25, -0.2) is 4.79 Å². The molecule has 4 nitrogen and oxygen atoms in total. The number of anilines is 2. The maximum atomic E-state index is 10.8. The number of esters is 1. The van der Waals surface area contributed by atoms with Gasteiger partial charge in [-0.1, -0.05) is 25.2 Å². The molecule has 1 aromatic carbocycles. The first-order chi connectivity index (χ1) is 8.79. The van der Waals surface area contributed by atoms with Crippen molar-refractivity contribution in [2.75, 3.05) is 24.4 Å². The summed E-state index contributed by atoms with van der Waals surface area (Å²) in [4.78, 5) is 10.8. The second-order valence-corrected chi connectivity index (χ2v) is 4.09. The van der Waals surface area contributed by atoms with E-state index in [4.69, 9.17) is 0 Å². The van der Waals surface area contributed by atoms with Gasteiger partial charge in [0, 0.05) is 11.5 Å². The molecule has 0 aromatic heterocycles. The minimum Gasteiger partial charge on any atom is -0.459 e. The molecule has 2 N–H and O–H groups in total. The summed E-state index contributed by atoms with van der Waals surface area (Å²) in [6, 6.07) is 5.68. The lowest BCUT2D eigenvalue weighted by Gasteiger charge is -1.97. The first-order valence-corrected chi connectivity index (χ1v) is 6.01. The molecule has 0 bridgehead atoms. The molecule has 0 radical (unpaired) electrons. The smallest absolute Gasteiger partial charge is 0.384 e. The molecule has 4 heteroatoms. The molecule has 1 fully saturated rings. The van der Waals surface area contributed by atoms with Gasteiger partial charge in [-0.15, -0.1) is 0 Å². The second kappa shape index (κ2) is 5.97. The zero-order valence-corrected chi connectivity index (χ0v) is 10.4. The average Bonchev–Trinajstić information content (AvgIpc) is 3.21. The highest BCUT2D eigenvalue weighted by atomic mass is 16.5. The molecular weight excluding hydrogens is 228 g/mol. The molecule has 0 amide bonds. The molecule has 2 aliphatic rings. The van der Waals surface area contributed by atoms with Gasteiger partial charge in [0.15, 0.2) is 0 Å².